The molecule has 0 atom stereocenters. The molecule has 0 amide bonds. The number of aromatic nitrogens is 3. The van der Waals surface area contributed by atoms with Gasteiger partial charge in [-0.15, -0.1) is 0 Å². The molecule has 0 radical (unpaired) electrons. The van der Waals surface area contributed by atoms with Crippen molar-refractivity contribution in [2.45, 2.75) is 6.54 Å². The van der Waals surface area contributed by atoms with Crippen LogP contribution in [0, 0.1) is 0 Å². The number of hydrogen-bond donors (Lipinski definition) is 1. The van der Waals surface area contributed by atoms with Crippen LogP contribution in [0.1, 0.15) is 5.56 Å². The topological polar surface area (TPSA) is 42.7 Å². The number of aryl methyl sites for hydroxylation is 1. The van der Waals surface area contributed by atoms with Gasteiger partial charge in [-0.3, -0.25) is 9.67 Å². The standard InChI is InChI=1S/C11H14N4/c1-12-7-9-8-15(2)14-11(9)10-5-3-4-6-13-10/h3-6,8,12H,7H2,1-2H3. The summed E-state index contributed by atoms with van der Waals surface area (Å²) in [6.45, 7) is 0.805. The Balaban J connectivity index is 2.43. The second kappa shape index (κ2) is 4.23. The Morgan fingerprint density at radius 1 is 1.40 bits per heavy atom. The quantitative estimate of drug-likeness (QED) is 0.813. The van der Waals surface area contributed by atoms with Crippen LogP contribution in [-0.2, 0) is 13.6 Å². The zero-order valence-electron chi connectivity index (χ0n) is 8.94. The Morgan fingerprint density at radius 3 is 2.93 bits per heavy atom. The van der Waals surface area contributed by atoms with Gasteiger partial charge in [-0.2, -0.15) is 5.10 Å². The van der Waals surface area contributed by atoms with Crippen LogP contribution in [0.3, 0.4) is 0 Å². The molecule has 2 aromatic rings. The van der Waals surface area contributed by atoms with Gasteiger partial charge >= 0.3 is 0 Å². The SMILES string of the molecule is CNCc1cn(C)nc1-c1ccccn1. The molecule has 2 aromatic heterocycles. The third-order valence-electron chi connectivity index (χ3n) is 2.18. The van der Waals surface area contributed by atoms with Crippen molar-refractivity contribution in [1.82, 2.24) is 20.1 Å². The van der Waals surface area contributed by atoms with Crippen molar-refractivity contribution in [3.63, 3.8) is 0 Å². The van der Waals surface area contributed by atoms with Gasteiger partial charge in [0, 0.05) is 31.5 Å². The molecule has 0 unspecified atom stereocenters. The molecule has 15 heavy (non-hydrogen) atoms. The van der Waals surface area contributed by atoms with Crippen LogP contribution in [0.15, 0.2) is 30.6 Å². The molecule has 0 fully saturated rings. The van der Waals surface area contributed by atoms with Gasteiger partial charge in [0.25, 0.3) is 0 Å². The van der Waals surface area contributed by atoms with Crippen molar-refractivity contribution in [3.05, 3.63) is 36.2 Å². The summed E-state index contributed by atoms with van der Waals surface area (Å²) < 4.78 is 1.82. The van der Waals surface area contributed by atoms with E-state index in [1.54, 1.807) is 6.20 Å². The second-order valence-electron chi connectivity index (χ2n) is 3.42. The number of pyridine rings is 1. The molecule has 78 valence electrons. The van der Waals surface area contributed by atoms with Crippen molar-refractivity contribution in [1.29, 1.82) is 0 Å². The lowest BCUT2D eigenvalue weighted by Crippen LogP contribution is -2.05. The van der Waals surface area contributed by atoms with E-state index in [4.69, 9.17) is 0 Å². The first-order valence-electron chi connectivity index (χ1n) is 4.90. The van der Waals surface area contributed by atoms with Crippen molar-refractivity contribution < 1.29 is 0 Å². The van der Waals surface area contributed by atoms with Gasteiger partial charge in [0.1, 0.15) is 5.69 Å². The lowest BCUT2D eigenvalue weighted by molar-refractivity contribution is 0.765. The van der Waals surface area contributed by atoms with E-state index in [9.17, 15) is 0 Å². The van der Waals surface area contributed by atoms with Crippen molar-refractivity contribution in [3.8, 4) is 11.4 Å². The summed E-state index contributed by atoms with van der Waals surface area (Å²) in [7, 11) is 3.85. The Hall–Kier alpha value is -1.68. The Morgan fingerprint density at radius 2 is 2.27 bits per heavy atom. The highest BCUT2D eigenvalue weighted by atomic mass is 15.3. The van der Waals surface area contributed by atoms with Crippen molar-refractivity contribution in [2.75, 3.05) is 7.05 Å². The molecule has 0 aromatic carbocycles. The van der Waals surface area contributed by atoms with Crippen LogP contribution < -0.4 is 5.32 Å². The molecular formula is C11H14N4. The average molecular weight is 202 g/mol. The summed E-state index contributed by atoms with van der Waals surface area (Å²) in [6, 6.07) is 5.85. The summed E-state index contributed by atoms with van der Waals surface area (Å²) in [4.78, 5) is 4.30. The van der Waals surface area contributed by atoms with E-state index in [-0.39, 0.29) is 0 Å². The third kappa shape index (κ3) is 2.05. The summed E-state index contributed by atoms with van der Waals surface area (Å²) in [5.74, 6) is 0. The number of nitrogens with zero attached hydrogens (tertiary/aromatic N) is 3. The van der Waals surface area contributed by atoms with Gasteiger partial charge in [0.05, 0.1) is 5.69 Å². The van der Waals surface area contributed by atoms with Crippen LogP contribution in [0.25, 0.3) is 11.4 Å². The van der Waals surface area contributed by atoms with Crippen LogP contribution >= 0.6 is 0 Å². The van der Waals surface area contributed by atoms with Crippen molar-refractivity contribution >= 4 is 0 Å². The Bertz CT molecular complexity index is 433. The predicted octanol–water partition coefficient (Wildman–Crippen LogP) is 1.20. The number of nitrogens with one attached hydrogen (secondary N) is 1. The van der Waals surface area contributed by atoms with Gasteiger partial charge in [-0.25, -0.2) is 0 Å². The van der Waals surface area contributed by atoms with Crippen molar-refractivity contribution in [2.24, 2.45) is 7.05 Å². The molecule has 0 saturated heterocycles. The van der Waals surface area contributed by atoms with Crippen LogP contribution in [0.4, 0.5) is 0 Å². The maximum absolute atomic E-state index is 4.41. The first-order valence-corrected chi connectivity index (χ1v) is 4.90. The van der Waals surface area contributed by atoms with E-state index in [1.807, 2.05) is 43.2 Å². The molecule has 0 bridgehead atoms. The Kier molecular flexibility index (Phi) is 2.78. The molecule has 0 aliphatic heterocycles. The molecule has 0 saturated carbocycles. The van der Waals surface area contributed by atoms with Crippen LogP contribution in [-0.4, -0.2) is 21.8 Å². The maximum Gasteiger partial charge on any atom is 0.115 e. The highest BCUT2D eigenvalue weighted by Crippen LogP contribution is 2.18. The fourth-order valence-electron chi connectivity index (χ4n) is 1.58. The van der Waals surface area contributed by atoms with Gasteiger partial charge in [-0.1, -0.05) is 6.07 Å². The molecule has 4 heteroatoms. The molecule has 2 heterocycles. The van der Waals surface area contributed by atoms with E-state index in [1.165, 1.54) is 5.56 Å². The molecule has 2 rings (SSSR count). The average Bonchev–Trinajstić information content (AvgIpc) is 2.62. The van der Waals surface area contributed by atoms with E-state index in [0.29, 0.717) is 0 Å². The molecule has 4 nitrogen and oxygen atoms in total. The second-order valence-corrected chi connectivity index (χ2v) is 3.42. The largest absolute Gasteiger partial charge is 0.316 e. The first kappa shape index (κ1) is 9.86. The molecule has 0 spiro atoms. The van der Waals surface area contributed by atoms with E-state index < -0.39 is 0 Å². The fourth-order valence-corrected chi connectivity index (χ4v) is 1.58. The zero-order chi connectivity index (χ0) is 10.7. The molecule has 0 aliphatic rings. The van der Waals surface area contributed by atoms with Crippen LogP contribution in [0.2, 0.25) is 0 Å². The fraction of sp³-hybridized carbons (Fsp3) is 0.273. The monoisotopic (exact) mass is 202 g/mol. The lowest BCUT2D eigenvalue weighted by Gasteiger charge is -1.99. The Labute approximate surface area is 89.0 Å². The van der Waals surface area contributed by atoms with E-state index in [0.717, 1.165) is 17.9 Å². The van der Waals surface area contributed by atoms with Gasteiger partial charge in [-0.05, 0) is 19.2 Å². The first-order chi connectivity index (χ1) is 7.31. The number of hydrogen-bond acceptors (Lipinski definition) is 3. The van der Waals surface area contributed by atoms with E-state index >= 15 is 0 Å². The number of rotatable bonds is 3. The minimum atomic E-state index is 0.805. The highest BCUT2D eigenvalue weighted by Gasteiger charge is 2.09. The smallest absolute Gasteiger partial charge is 0.115 e. The normalized spacial score (nSPS) is 10.5. The summed E-state index contributed by atoms with van der Waals surface area (Å²) in [5, 5.41) is 7.54. The minimum absolute atomic E-state index is 0.805. The van der Waals surface area contributed by atoms with Gasteiger partial charge in [0.15, 0.2) is 0 Å². The molecule has 1 N–H and O–H groups in total. The van der Waals surface area contributed by atoms with Crippen LogP contribution in [0.5, 0.6) is 0 Å². The predicted molar refractivity (Wildman–Crippen MR) is 59.2 cm³/mol. The lowest BCUT2D eigenvalue weighted by atomic mass is 10.2. The van der Waals surface area contributed by atoms with Gasteiger partial charge < -0.3 is 5.32 Å². The third-order valence-corrected chi connectivity index (χ3v) is 2.18. The van der Waals surface area contributed by atoms with Gasteiger partial charge in [0.2, 0.25) is 0 Å². The minimum Gasteiger partial charge on any atom is -0.316 e. The summed E-state index contributed by atoms with van der Waals surface area (Å²) in [5.41, 5.74) is 3.04. The molecule has 0 aliphatic carbocycles. The maximum atomic E-state index is 4.41. The molecular weight excluding hydrogens is 188 g/mol. The summed E-state index contributed by atoms with van der Waals surface area (Å²) in [6.07, 6.45) is 3.80. The zero-order valence-corrected chi connectivity index (χ0v) is 8.94. The summed E-state index contributed by atoms with van der Waals surface area (Å²) >= 11 is 0. The van der Waals surface area contributed by atoms with E-state index in [2.05, 4.69) is 15.4 Å². The highest BCUT2D eigenvalue weighted by molar-refractivity contribution is 5.57.